The Kier molecular flexibility index (Phi) is 1.30. The van der Waals surface area contributed by atoms with Gasteiger partial charge in [0.2, 0.25) is 0 Å². The van der Waals surface area contributed by atoms with Gasteiger partial charge in [0.1, 0.15) is 0 Å². The minimum atomic E-state index is 1.01. The Hall–Kier alpha value is -0.520. The van der Waals surface area contributed by atoms with E-state index < -0.39 is 0 Å². The van der Waals surface area contributed by atoms with E-state index in [9.17, 15) is 0 Å². The summed E-state index contributed by atoms with van der Waals surface area (Å²) in [5.74, 6) is 7.45. The van der Waals surface area contributed by atoms with E-state index in [0.29, 0.717) is 0 Å². The predicted molar refractivity (Wildman–Crippen MR) is 57.6 cm³/mol. The first-order valence-electron chi connectivity index (χ1n) is 6.19. The first-order chi connectivity index (χ1) is 6.90. The fourth-order valence-electron chi connectivity index (χ4n) is 5.18. The van der Waals surface area contributed by atoms with E-state index >= 15 is 0 Å². The van der Waals surface area contributed by atoms with Crippen molar-refractivity contribution in [1.82, 2.24) is 0 Å². The summed E-state index contributed by atoms with van der Waals surface area (Å²) in [4.78, 5) is 0. The van der Waals surface area contributed by atoms with E-state index in [0.717, 1.165) is 41.4 Å². The van der Waals surface area contributed by atoms with Crippen LogP contribution in [0.2, 0.25) is 0 Å². The zero-order valence-electron chi connectivity index (χ0n) is 8.60. The molecule has 0 spiro atoms. The van der Waals surface area contributed by atoms with Crippen LogP contribution in [0.5, 0.6) is 0 Å². The van der Waals surface area contributed by atoms with Crippen molar-refractivity contribution >= 4 is 0 Å². The molecule has 0 N–H and O–H groups in total. The van der Waals surface area contributed by atoms with Crippen LogP contribution in [0.4, 0.5) is 0 Å². The summed E-state index contributed by atoms with van der Waals surface area (Å²) in [7, 11) is 0. The summed E-state index contributed by atoms with van der Waals surface area (Å²) in [6.07, 6.45) is 11.5. The molecule has 3 fully saturated rings. The Morgan fingerprint density at radius 3 is 2.64 bits per heavy atom. The van der Waals surface area contributed by atoms with Crippen molar-refractivity contribution in [3.05, 3.63) is 24.8 Å². The van der Waals surface area contributed by atoms with Crippen LogP contribution in [-0.4, -0.2) is 0 Å². The molecule has 0 heteroatoms. The molecule has 0 saturated heterocycles. The molecule has 2 bridgehead atoms. The van der Waals surface area contributed by atoms with Crippen molar-refractivity contribution in [3.8, 4) is 0 Å². The molecular weight excluding hydrogens is 168 g/mol. The van der Waals surface area contributed by atoms with Crippen LogP contribution in [0.1, 0.15) is 19.3 Å². The molecule has 14 heavy (non-hydrogen) atoms. The van der Waals surface area contributed by atoms with Crippen LogP contribution in [0.3, 0.4) is 0 Å². The van der Waals surface area contributed by atoms with Gasteiger partial charge in [-0.3, -0.25) is 0 Å². The Bertz CT molecular complexity index is 314. The normalized spacial score (nSPS) is 61.3. The molecule has 7 atom stereocenters. The van der Waals surface area contributed by atoms with Crippen molar-refractivity contribution in [2.45, 2.75) is 19.3 Å². The average Bonchev–Trinajstić information content (AvgIpc) is 2.63. The Balaban J connectivity index is 1.62. The molecule has 0 radical (unpaired) electrons. The standard InChI is InChI=1S/C14H18/c1-2-3-8-6-9-7-12(8)14-11-5-4-10(11)13(9)14/h2,4-5,8-14H,1,3,6-7H2. The largest absolute Gasteiger partial charge is 0.103 e. The molecule has 4 aliphatic carbocycles. The van der Waals surface area contributed by atoms with Gasteiger partial charge < -0.3 is 0 Å². The lowest BCUT2D eigenvalue weighted by Crippen LogP contribution is -2.53. The quantitative estimate of drug-likeness (QED) is 0.581. The smallest absolute Gasteiger partial charge is 0.0133 e. The molecule has 74 valence electrons. The molecule has 0 amide bonds. The van der Waals surface area contributed by atoms with Crippen molar-refractivity contribution < 1.29 is 0 Å². The second-order valence-corrected chi connectivity index (χ2v) is 5.87. The first kappa shape index (κ1) is 7.73. The zero-order valence-corrected chi connectivity index (χ0v) is 8.60. The van der Waals surface area contributed by atoms with Gasteiger partial charge in [0.15, 0.2) is 0 Å². The summed E-state index contributed by atoms with van der Waals surface area (Å²) < 4.78 is 0. The highest BCUT2D eigenvalue weighted by atomic mass is 14.7. The van der Waals surface area contributed by atoms with E-state index in [2.05, 4.69) is 24.8 Å². The van der Waals surface area contributed by atoms with Gasteiger partial charge in [0, 0.05) is 0 Å². The van der Waals surface area contributed by atoms with Crippen molar-refractivity contribution in [1.29, 1.82) is 0 Å². The number of rotatable bonds is 2. The Morgan fingerprint density at radius 1 is 1.14 bits per heavy atom. The van der Waals surface area contributed by atoms with Crippen LogP contribution >= 0.6 is 0 Å². The third kappa shape index (κ3) is 0.667. The summed E-state index contributed by atoms with van der Waals surface area (Å²) >= 11 is 0. The van der Waals surface area contributed by atoms with Crippen LogP contribution in [0.25, 0.3) is 0 Å². The highest BCUT2D eigenvalue weighted by molar-refractivity contribution is 5.27. The van der Waals surface area contributed by atoms with E-state index in [4.69, 9.17) is 0 Å². The minimum absolute atomic E-state index is 1.01. The van der Waals surface area contributed by atoms with E-state index in [1.807, 2.05) is 0 Å². The van der Waals surface area contributed by atoms with Gasteiger partial charge in [0.25, 0.3) is 0 Å². The molecule has 0 aromatic heterocycles. The van der Waals surface area contributed by atoms with Gasteiger partial charge in [-0.15, -0.1) is 6.58 Å². The molecule has 0 heterocycles. The lowest BCUT2D eigenvalue weighted by molar-refractivity contribution is -0.0441. The van der Waals surface area contributed by atoms with E-state index in [1.54, 1.807) is 6.42 Å². The van der Waals surface area contributed by atoms with Gasteiger partial charge in [-0.25, -0.2) is 0 Å². The minimum Gasteiger partial charge on any atom is -0.103 e. The molecule has 0 aliphatic heterocycles. The van der Waals surface area contributed by atoms with Crippen LogP contribution in [-0.2, 0) is 0 Å². The number of hydrogen-bond acceptors (Lipinski definition) is 0. The lowest BCUT2D eigenvalue weighted by atomic mass is 9.46. The van der Waals surface area contributed by atoms with Crippen LogP contribution in [0.15, 0.2) is 24.8 Å². The maximum Gasteiger partial charge on any atom is -0.0133 e. The fraction of sp³-hybridized carbons (Fsp3) is 0.714. The third-order valence-corrected chi connectivity index (χ3v) is 5.63. The number of fused-ring (bicyclic) bond motifs is 8. The second-order valence-electron chi connectivity index (χ2n) is 5.87. The molecular formula is C14H18. The van der Waals surface area contributed by atoms with Gasteiger partial charge in [-0.05, 0) is 60.7 Å². The zero-order chi connectivity index (χ0) is 9.28. The summed E-state index contributed by atoms with van der Waals surface area (Å²) in [6, 6.07) is 0. The first-order valence-corrected chi connectivity index (χ1v) is 6.19. The molecule has 7 unspecified atom stereocenters. The maximum atomic E-state index is 3.90. The fourth-order valence-corrected chi connectivity index (χ4v) is 5.18. The summed E-state index contributed by atoms with van der Waals surface area (Å²) in [6.45, 7) is 3.90. The van der Waals surface area contributed by atoms with Crippen LogP contribution in [0, 0.1) is 41.4 Å². The number of allylic oxidation sites excluding steroid dienone is 3. The van der Waals surface area contributed by atoms with Crippen molar-refractivity contribution in [2.24, 2.45) is 41.4 Å². The summed E-state index contributed by atoms with van der Waals surface area (Å²) in [5.41, 5.74) is 0. The Morgan fingerprint density at radius 2 is 1.93 bits per heavy atom. The molecule has 4 aliphatic rings. The number of hydrogen-bond donors (Lipinski definition) is 0. The molecule has 0 aromatic carbocycles. The Labute approximate surface area is 86.1 Å². The highest BCUT2D eigenvalue weighted by Crippen LogP contribution is 2.71. The van der Waals surface area contributed by atoms with Gasteiger partial charge in [-0.2, -0.15) is 0 Å². The monoisotopic (exact) mass is 186 g/mol. The predicted octanol–water partition coefficient (Wildman–Crippen LogP) is 3.27. The van der Waals surface area contributed by atoms with Gasteiger partial charge >= 0.3 is 0 Å². The third-order valence-electron chi connectivity index (χ3n) is 5.63. The van der Waals surface area contributed by atoms with E-state index in [-0.39, 0.29) is 0 Å². The lowest BCUT2D eigenvalue weighted by Gasteiger charge is -2.58. The van der Waals surface area contributed by atoms with Crippen molar-refractivity contribution in [3.63, 3.8) is 0 Å². The highest BCUT2D eigenvalue weighted by Gasteiger charge is 2.65. The van der Waals surface area contributed by atoms with Crippen LogP contribution < -0.4 is 0 Å². The molecule has 0 aromatic rings. The molecule has 3 saturated carbocycles. The van der Waals surface area contributed by atoms with E-state index in [1.165, 1.54) is 12.8 Å². The second kappa shape index (κ2) is 2.35. The van der Waals surface area contributed by atoms with Crippen molar-refractivity contribution in [2.75, 3.05) is 0 Å². The van der Waals surface area contributed by atoms with Gasteiger partial charge in [-0.1, -0.05) is 18.2 Å². The SMILES string of the molecule is C=CCC1CC2CC1C1C3C=CC3C21. The topological polar surface area (TPSA) is 0 Å². The van der Waals surface area contributed by atoms with Gasteiger partial charge in [0.05, 0.1) is 0 Å². The average molecular weight is 186 g/mol. The molecule has 0 nitrogen and oxygen atoms in total. The molecule has 4 rings (SSSR count). The summed E-state index contributed by atoms with van der Waals surface area (Å²) in [5, 5.41) is 0. The maximum absolute atomic E-state index is 3.90.